The fraction of sp³-hybridized carbons (Fsp3) is 0.167. The van der Waals surface area contributed by atoms with Crippen LogP contribution in [0, 0.1) is 6.92 Å². The van der Waals surface area contributed by atoms with E-state index < -0.39 is 6.10 Å². The maximum atomic E-state index is 10.1. The Morgan fingerprint density at radius 1 is 1.27 bits per heavy atom. The molecule has 0 amide bonds. The molecule has 1 unspecified atom stereocenters. The Kier molecular flexibility index (Phi) is 2.75. The molecule has 0 aliphatic rings. The van der Waals surface area contributed by atoms with Gasteiger partial charge in [0.25, 0.3) is 0 Å². The predicted octanol–water partition coefficient (Wildman–Crippen LogP) is 2.72. The van der Waals surface area contributed by atoms with Gasteiger partial charge in [-0.3, -0.25) is 0 Å². The van der Waals surface area contributed by atoms with Crippen molar-refractivity contribution in [1.82, 2.24) is 0 Å². The van der Waals surface area contributed by atoms with Gasteiger partial charge in [-0.1, -0.05) is 12.1 Å². The summed E-state index contributed by atoms with van der Waals surface area (Å²) in [5.41, 5.74) is 7.20. The van der Waals surface area contributed by atoms with Crippen LogP contribution in [0.3, 0.4) is 0 Å². The van der Waals surface area contributed by atoms with E-state index in [0.29, 0.717) is 5.69 Å². The second kappa shape index (κ2) is 4.04. The van der Waals surface area contributed by atoms with Crippen LogP contribution in [0.15, 0.2) is 36.4 Å². The van der Waals surface area contributed by atoms with Crippen LogP contribution in [0.4, 0.5) is 5.69 Å². The lowest BCUT2D eigenvalue weighted by Crippen LogP contribution is -1.97. The van der Waals surface area contributed by atoms with Crippen LogP contribution in [-0.2, 0) is 0 Å². The highest BCUT2D eigenvalue weighted by Gasteiger charge is 2.11. The minimum Gasteiger partial charge on any atom is -0.399 e. The van der Waals surface area contributed by atoms with E-state index in [1.807, 2.05) is 37.3 Å². The Hall–Kier alpha value is -1.32. The van der Waals surface area contributed by atoms with Gasteiger partial charge in [0.1, 0.15) is 6.10 Å². The fourth-order valence-electron chi connectivity index (χ4n) is 1.49. The van der Waals surface area contributed by atoms with Gasteiger partial charge in [0.15, 0.2) is 0 Å². The molecule has 0 aliphatic carbocycles. The van der Waals surface area contributed by atoms with Crippen molar-refractivity contribution in [3.63, 3.8) is 0 Å². The molecule has 3 N–H and O–H groups in total. The van der Waals surface area contributed by atoms with Gasteiger partial charge in [-0.05, 0) is 36.8 Å². The Balaban J connectivity index is 2.32. The van der Waals surface area contributed by atoms with Gasteiger partial charge in [-0.25, -0.2) is 0 Å². The van der Waals surface area contributed by atoms with Gasteiger partial charge in [0.05, 0.1) is 0 Å². The van der Waals surface area contributed by atoms with Crippen molar-refractivity contribution in [1.29, 1.82) is 0 Å². The van der Waals surface area contributed by atoms with Gasteiger partial charge in [-0.2, -0.15) is 0 Å². The molecule has 0 bridgehead atoms. The van der Waals surface area contributed by atoms with Crippen molar-refractivity contribution in [2.75, 3.05) is 5.73 Å². The van der Waals surface area contributed by atoms with Crippen molar-refractivity contribution in [2.24, 2.45) is 0 Å². The lowest BCUT2D eigenvalue weighted by Gasteiger charge is -2.09. The smallest absolute Gasteiger partial charge is 0.113 e. The summed E-state index contributed by atoms with van der Waals surface area (Å²) in [6.07, 6.45) is -0.563. The van der Waals surface area contributed by atoms with Crippen LogP contribution in [0.1, 0.15) is 21.4 Å². The first-order valence-electron chi connectivity index (χ1n) is 4.76. The molecule has 3 heteroatoms. The third-order valence-electron chi connectivity index (χ3n) is 2.26. The van der Waals surface area contributed by atoms with Gasteiger partial charge in [0.2, 0.25) is 0 Å². The minimum absolute atomic E-state index is 0.563. The van der Waals surface area contributed by atoms with Gasteiger partial charge in [-0.15, -0.1) is 11.3 Å². The molecule has 2 aromatic rings. The zero-order chi connectivity index (χ0) is 10.8. The van der Waals surface area contributed by atoms with Crippen molar-refractivity contribution < 1.29 is 5.11 Å². The van der Waals surface area contributed by atoms with Crippen molar-refractivity contribution in [3.8, 4) is 0 Å². The number of hydrogen-bond donors (Lipinski definition) is 2. The summed E-state index contributed by atoms with van der Waals surface area (Å²) in [6, 6.07) is 11.3. The van der Waals surface area contributed by atoms with Crippen LogP contribution < -0.4 is 5.73 Å². The highest BCUT2D eigenvalue weighted by molar-refractivity contribution is 7.12. The molecule has 1 aromatic heterocycles. The van der Waals surface area contributed by atoms with Crippen LogP contribution in [0.2, 0.25) is 0 Å². The first-order valence-corrected chi connectivity index (χ1v) is 5.58. The number of aliphatic hydroxyl groups is 1. The largest absolute Gasteiger partial charge is 0.399 e. The van der Waals surface area contributed by atoms with Gasteiger partial charge >= 0.3 is 0 Å². The van der Waals surface area contributed by atoms with E-state index in [1.54, 1.807) is 17.4 Å². The quantitative estimate of drug-likeness (QED) is 0.763. The fourth-order valence-corrected chi connectivity index (χ4v) is 2.39. The Bertz CT molecular complexity index is 464. The third kappa shape index (κ3) is 2.19. The summed E-state index contributed by atoms with van der Waals surface area (Å²) in [7, 11) is 0. The lowest BCUT2D eigenvalue weighted by atomic mass is 10.1. The Labute approximate surface area is 93.0 Å². The third-order valence-corrected chi connectivity index (χ3v) is 3.31. The van der Waals surface area contributed by atoms with Crippen LogP contribution in [-0.4, -0.2) is 5.11 Å². The van der Waals surface area contributed by atoms with Crippen LogP contribution >= 0.6 is 11.3 Å². The van der Waals surface area contributed by atoms with E-state index in [4.69, 9.17) is 5.73 Å². The minimum atomic E-state index is -0.563. The van der Waals surface area contributed by atoms with Crippen LogP contribution in [0.25, 0.3) is 0 Å². The number of aliphatic hydroxyl groups excluding tert-OH is 1. The summed E-state index contributed by atoms with van der Waals surface area (Å²) in [4.78, 5) is 2.16. The number of aryl methyl sites for hydroxylation is 1. The molecule has 0 aliphatic heterocycles. The number of rotatable bonds is 2. The molecule has 0 spiro atoms. The Morgan fingerprint density at radius 2 is 2.07 bits per heavy atom. The molecule has 0 fully saturated rings. The van der Waals surface area contributed by atoms with Gasteiger partial charge in [0, 0.05) is 15.4 Å². The molecule has 15 heavy (non-hydrogen) atoms. The topological polar surface area (TPSA) is 46.2 Å². The molecule has 1 aromatic carbocycles. The number of nitrogens with two attached hydrogens (primary N) is 1. The van der Waals surface area contributed by atoms with E-state index in [-0.39, 0.29) is 0 Å². The molecule has 0 saturated heterocycles. The van der Waals surface area contributed by atoms with Gasteiger partial charge < -0.3 is 10.8 Å². The van der Waals surface area contributed by atoms with Crippen molar-refractivity contribution in [2.45, 2.75) is 13.0 Å². The number of nitrogen functional groups attached to an aromatic ring is 1. The molecular weight excluding hydrogens is 206 g/mol. The Morgan fingerprint density at radius 3 is 2.67 bits per heavy atom. The summed E-state index contributed by atoms with van der Waals surface area (Å²) in [6.45, 7) is 2.03. The van der Waals surface area contributed by atoms with E-state index in [0.717, 1.165) is 10.4 Å². The maximum Gasteiger partial charge on any atom is 0.113 e. The monoisotopic (exact) mass is 219 g/mol. The van der Waals surface area contributed by atoms with E-state index in [9.17, 15) is 5.11 Å². The number of hydrogen-bond acceptors (Lipinski definition) is 3. The zero-order valence-corrected chi connectivity index (χ0v) is 9.29. The first-order chi connectivity index (χ1) is 7.16. The zero-order valence-electron chi connectivity index (χ0n) is 8.47. The molecule has 0 saturated carbocycles. The van der Waals surface area contributed by atoms with Crippen LogP contribution in [0.5, 0.6) is 0 Å². The molecule has 2 rings (SSSR count). The molecule has 78 valence electrons. The van der Waals surface area contributed by atoms with E-state index >= 15 is 0 Å². The normalized spacial score (nSPS) is 12.7. The average Bonchev–Trinajstić information content (AvgIpc) is 2.64. The SMILES string of the molecule is Cc1ccc(C(O)c2cccc(N)c2)s1. The summed E-state index contributed by atoms with van der Waals surface area (Å²) in [5.74, 6) is 0. The molecule has 1 heterocycles. The molecule has 1 atom stereocenters. The highest BCUT2D eigenvalue weighted by Crippen LogP contribution is 2.28. The second-order valence-corrected chi connectivity index (χ2v) is 4.84. The summed E-state index contributed by atoms with van der Waals surface area (Å²) < 4.78 is 0. The first kappa shape index (κ1) is 10.2. The predicted molar refractivity (Wildman–Crippen MR) is 64.0 cm³/mol. The standard InChI is InChI=1S/C12H13NOS/c1-8-5-6-11(15-8)12(14)9-3-2-4-10(13)7-9/h2-7,12,14H,13H2,1H3. The summed E-state index contributed by atoms with van der Waals surface area (Å²) in [5, 5.41) is 10.1. The van der Waals surface area contributed by atoms with Crippen molar-refractivity contribution >= 4 is 17.0 Å². The highest BCUT2D eigenvalue weighted by atomic mass is 32.1. The maximum absolute atomic E-state index is 10.1. The van der Waals surface area contributed by atoms with E-state index in [1.165, 1.54) is 4.88 Å². The summed E-state index contributed by atoms with van der Waals surface area (Å²) >= 11 is 1.61. The molecule has 0 radical (unpaired) electrons. The van der Waals surface area contributed by atoms with Crippen molar-refractivity contribution in [3.05, 3.63) is 51.7 Å². The number of thiophene rings is 1. The lowest BCUT2D eigenvalue weighted by molar-refractivity contribution is 0.224. The van der Waals surface area contributed by atoms with E-state index in [2.05, 4.69) is 0 Å². The second-order valence-electron chi connectivity index (χ2n) is 3.52. The average molecular weight is 219 g/mol. The molecular formula is C12H13NOS. The number of benzene rings is 1. The number of anilines is 1. The molecule has 2 nitrogen and oxygen atoms in total.